The van der Waals surface area contributed by atoms with Crippen LogP contribution in [0.3, 0.4) is 0 Å². The second-order valence-electron chi connectivity index (χ2n) is 6.12. The molecular weight excluding hydrogens is 292 g/mol. The van der Waals surface area contributed by atoms with Crippen LogP contribution in [0.2, 0.25) is 0 Å². The molecule has 1 aliphatic carbocycles. The van der Waals surface area contributed by atoms with Gasteiger partial charge in [-0.05, 0) is 39.0 Å². The van der Waals surface area contributed by atoms with E-state index < -0.39 is 15.9 Å². The molecule has 1 amide bonds. The normalized spacial score (nSPS) is 16.0. The zero-order chi connectivity index (χ0) is 15.8. The Kier molecular flexibility index (Phi) is 4.12. The maximum Gasteiger partial charge on any atom is 0.273 e. The lowest BCUT2D eigenvalue weighted by Crippen LogP contribution is -2.45. The van der Waals surface area contributed by atoms with Gasteiger partial charge in [-0.2, -0.15) is 5.10 Å². The monoisotopic (exact) mass is 314 g/mol. The van der Waals surface area contributed by atoms with E-state index in [-0.39, 0.29) is 16.1 Å². The van der Waals surface area contributed by atoms with Crippen LogP contribution in [0.25, 0.3) is 0 Å². The first-order chi connectivity index (χ1) is 9.66. The van der Waals surface area contributed by atoms with E-state index in [1.165, 1.54) is 0 Å². The van der Waals surface area contributed by atoms with Gasteiger partial charge in [-0.1, -0.05) is 13.3 Å². The number of carbonyl (C=O) groups excluding carboxylic acids is 1. The Morgan fingerprint density at radius 2 is 2.10 bits per heavy atom. The van der Waals surface area contributed by atoms with Crippen LogP contribution >= 0.6 is 0 Å². The van der Waals surface area contributed by atoms with Gasteiger partial charge in [0.15, 0.2) is 5.69 Å². The summed E-state index contributed by atoms with van der Waals surface area (Å²) in [5.74, 6) is -0.0806. The van der Waals surface area contributed by atoms with Crippen molar-refractivity contribution in [1.29, 1.82) is 0 Å². The number of aromatic amines is 1. The SMILES string of the molecule is CCCc1[nH]nc(C(=O)NC(C)(C)C2CC2)c1S(N)(=O)=O. The Bertz CT molecular complexity index is 644. The van der Waals surface area contributed by atoms with Crippen LogP contribution in [0.4, 0.5) is 0 Å². The van der Waals surface area contributed by atoms with E-state index in [9.17, 15) is 13.2 Å². The van der Waals surface area contributed by atoms with Gasteiger partial charge in [0.1, 0.15) is 4.90 Å². The number of nitrogens with one attached hydrogen (secondary N) is 2. The number of H-pyrrole nitrogens is 1. The van der Waals surface area contributed by atoms with Crippen LogP contribution in [0.5, 0.6) is 0 Å². The average Bonchev–Trinajstić information content (AvgIpc) is 3.10. The number of carbonyl (C=O) groups is 1. The molecule has 4 N–H and O–H groups in total. The third-order valence-corrected chi connectivity index (χ3v) is 4.83. The fourth-order valence-electron chi connectivity index (χ4n) is 2.51. The number of primary sulfonamides is 1. The van der Waals surface area contributed by atoms with E-state index >= 15 is 0 Å². The van der Waals surface area contributed by atoms with Crippen molar-refractivity contribution in [2.24, 2.45) is 11.1 Å². The average molecular weight is 314 g/mol. The van der Waals surface area contributed by atoms with Crippen molar-refractivity contribution < 1.29 is 13.2 Å². The lowest BCUT2D eigenvalue weighted by molar-refractivity contribution is 0.0894. The minimum Gasteiger partial charge on any atom is -0.345 e. The number of rotatable bonds is 6. The number of aromatic nitrogens is 2. The quantitative estimate of drug-likeness (QED) is 0.723. The minimum atomic E-state index is -4.00. The highest BCUT2D eigenvalue weighted by Crippen LogP contribution is 2.39. The van der Waals surface area contributed by atoms with Gasteiger partial charge in [-0.25, -0.2) is 13.6 Å². The van der Waals surface area contributed by atoms with Crippen molar-refractivity contribution in [3.05, 3.63) is 11.4 Å². The fraction of sp³-hybridized carbons (Fsp3) is 0.692. The third-order valence-electron chi connectivity index (χ3n) is 3.83. The molecule has 7 nitrogen and oxygen atoms in total. The summed E-state index contributed by atoms with van der Waals surface area (Å²) in [6.45, 7) is 5.77. The molecule has 8 heteroatoms. The van der Waals surface area contributed by atoms with E-state index in [0.29, 0.717) is 18.0 Å². The molecule has 0 radical (unpaired) electrons. The molecule has 0 atom stereocenters. The third kappa shape index (κ3) is 3.44. The molecule has 0 bridgehead atoms. The van der Waals surface area contributed by atoms with Crippen LogP contribution in [-0.2, 0) is 16.4 Å². The highest BCUT2D eigenvalue weighted by Gasteiger charge is 2.40. The van der Waals surface area contributed by atoms with Gasteiger partial charge < -0.3 is 5.32 Å². The largest absolute Gasteiger partial charge is 0.345 e. The molecule has 118 valence electrons. The highest BCUT2D eigenvalue weighted by molar-refractivity contribution is 7.89. The lowest BCUT2D eigenvalue weighted by atomic mass is 9.98. The Labute approximate surface area is 124 Å². The van der Waals surface area contributed by atoms with Crippen LogP contribution in [0.1, 0.15) is 56.2 Å². The van der Waals surface area contributed by atoms with Gasteiger partial charge in [-0.15, -0.1) is 0 Å². The minimum absolute atomic E-state index is 0.144. The lowest BCUT2D eigenvalue weighted by Gasteiger charge is -2.25. The van der Waals surface area contributed by atoms with E-state index in [1.807, 2.05) is 20.8 Å². The highest BCUT2D eigenvalue weighted by atomic mass is 32.2. The first kappa shape index (κ1) is 16.0. The van der Waals surface area contributed by atoms with E-state index in [1.54, 1.807) is 0 Å². The van der Waals surface area contributed by atoms with Gasteiger partial charge >= 0.3 is 0 Å². The second kappa shape index (κ2) is 5.42. The number of hydrogen-bond acceptors (Lipinski definition) is 4. The van der Waals surface area contributed by atoms with Crippen LogP contribution in [-0.4, -0.2) is 30.1 Å². The molecule has 1 heterocycles. The van der Waals surface area contributed by atoms with Crippen molar-refractivity contribution in [3.63, 3.8) is 0 Å². The summed E-state index contributed by atoms with van der Waals surface area (Å²) in [6.07, 6.45) is 3.32. The molecule has 0 saturated heterocycles. The van der Waals surface area contributed by atoms with Gasteiger partial charge in [0.05, 0.1) is 5.69 Å². The molecule has 1 saturated carbocycles. The number of hydrogen-bond donors (Lipinski definition) is 3. The molecular formula is C13H22N4O3S. The summed E-state index contributed by atoms with van der Waals surface area (Å²) < 4.78 is 23.5. The first-order valence-electron chi connectivity index (χ1n) is 7.09. The predicted molar refractivity (Wildman–Crippen MR) is 78.2 cm³/mol. The summed E-state index contributed by atoms with van der Waals surface area (Å²) in [5, 5.41) is 14.6. The molecule has 2 rings (SSSR count). The van der Waals surface area contributed by atoms with Crippen LogP contribution < -0.4 is 10.5 Å². The summed E-state index contributed by atoms with van der Waals surface area (Å²) in [7, 11) is -4.00. The molecule has 0 aliphatic heterocycles. The van der Waals surface area contributed by atoms with E-state index in [0.717, 1.165) is 19.3 Å². The fourth-order valence-corrected chi connectivity index (χ4v) is 3.41. The van der Waals surface area contributed by atoms with Crippen molar-refractivity contribution >= 4 is 15.9 Å². The smallest absolute Gasteiger partial charge is 0.273 e. The number of amides is 1. The second-order valence-corrected chi connectivity index (χ2v) is 7.62. The molecule has 1 fully saturated rings. The van der Waals surface area contributed by atoms with Crippen LogP contribution in [0, 0.1) is 5.92 Å². The number of nitrogens with zero attached hydrogens (tertiary/aromatic N) is 1. The number of aryl methyl sites for hydroxylation is 1. The standard InChI is InChI=1S/C13H22N4O3S/c1-4-5-9-11(21(14,19)20)10(17-16-9)12(18)15-13(2,3)8-6-7-8/h8H,4-7H2,1-3H3,(H,15,18)(H,16,17)(H2,14,19,20). The molecule has 0 unspecified atom stereocenters. The molecule has 0 spiro atoms. The Hall–Kier alpha value is -1.41. The Morgan fingerprint density at radius 1 is 1.48 bits per heavy atom. The molecule has 0 aromatic carbocycles. The number of sulfonamides is 1. The Morgan fingerprint density at radius 3 is 2.57 bits per heavy atom. The topological polar surface area (TPSA) is 118 Å². The van der Waals surface area contributed by atoms with Crippen molar-refractivity contribution in [3.8, 4) is 0 Å². The summed E-state index contributed by atoms with van der Waals surface area (Å²) in [6, 6.07) is 0. The maximum absolute atomic E-state index is 12.4. The van der Waals surface area contributed by atoms with Gasteiger partial charge in [0.2, 0.25) is 10.0 Å². The van der Waals surface area contributed by atoms with Gasteiger partial charge in [-0.3, -0.25) is 9.89 Å². The van der Waals surface area contributed by atoms with E-state index in [4.69, 9.17) is 5.14 Å². The first-order valence-corrected chi connectivity index (χ1v) is 8.64. The number of nitrogens with two attached hydrogens (primary N) is 1. The maximum atomic E-state index is 12.4. The van der Waals surface area contributed by atoms with E-state index in [2.05, 4.69) is 15.5 Å². The Balaban J connectivity index is 2.33. The molecule has 21 heavy (non-hydrogen) atoms. The summed E-state index contributed by atoms with van der Waals surface area (Å²) in [5.41, 5.74) is -0.139. The summed E-state index contributed by atoms with van der Waals surface area (Å²) in [4.78, 5) is 12.2. The predicted octanol–water partition coefficient (Wildman–Crippen LogP) is 0.928. The van der Waals surface area contributed by atoms with Crippen molar-refractivity contribution in [1.82, 2.24) is 15.5 Å². The zero-order valence-corrected chi connectivity index (χ0v) is 13.4. The van der Waals surface area contributed by atoms with Gasteiger partial charge in [0.25, 0.3) is 5.91 Å². The van der Waals surface area contributed by atoms with Crippen molar-refractivity contribution in [2.45, 2.75) is 56.9 Å². The molecule has 1 aromatic heterocycles. The zero-order valence-electron chi connectivity index (χ0n) is 12.6. The molecule has 1 aromatic rings. The van der Waals surface area contributed by atoms with Crippen molar-refractivity contribution in [2.75, 3.05) is 0 Å². The summed E-state index contributed by atoms with van der Waals surface area (Å²) >= 11 is 0. The van der Waals surface area contributed by atoms with Crippen LogP contribution in [0.15, 0.2) is 4.90 Å². The molecule has 1 aliphatic rings. The van der Waals surface area contributed by atoms with Gasteiger partial charge in [0, 0.05) is 5.54 Å².